The van der Waals surface area contributed by atoms with Gasteiger partial charge in [0.1, 0.15) is 29.5 Å². The molecule has 0 unspecified atom stereocenters. The highest BCUT2D eigenvalue weighted by Gasteiger charge is 2.22. The predicted octanol–water partition coefficient (Wildman–Crippen LogP) is 4.19. The molecular formula is C22H21FN2O5. The summed E-state index contributed by atoms with van der Waals surface area (Å²) in [6, 6.07) is 12.0. The second-order valence-electron chi connectivity index (χ2n) is 6.63. The quantitative estimate of drug-likeness (QED) is 0.585. The van der Waals surface area contributed by atoms with E-state index < -0.39 is 23.8 Å². The van der Waals surface area contributed by atoms with Gasteiger partial charge in [-0.05, 0) is 51.1 Å². The summed E-state index contributed by atoms with van der Waals surface area (Å²) in [5.41, 5.74) is 1.94. The van der Waals surface area contributed by atoms with E-state index in [1.165, 1.54) is 31.2 Å². The number of halogens is 1. The fourth-order valence-electron chi connectivity index (χ4n) is 2.71. The molecule has 0 aliphatic rings. The first kappa shape index (κ1) is 21.0. The number of ether oxygens (including phenoxy) is 2. The number of carbonyl (C=O) groups is 2. The van der Waals surface area contributed by atoms with Crippen LogP contribution in [0.25, 0.3) is 0 Å². The topological polar surface area (TPSA) is 90.7 Å². The Kier molecular flexibility index (Phi) is 6.46. The van der Waals surface area contributed by atoms with Crippen LogP contribution in [0, 0.1) is 19.7 Å². The normalized spacial score (nSPS) is 11.6. The third-order valence-corrected chi connectivity index (χ3v) is 4.41. The highest BCUT2D eigenvalue weighted by molar-refractivity contribution is 5.98. The molecule has 0 saturated carbocycles. The van der Waals surface area contributed by atoms with Crippen molar-refractivity contribution in [2.75, 3.05) is 5.32 Å². The van der Waals surface area contributed by atoms with Gasteiger partial charge in [0, 0.05) is 5.69 Å². The van der Waals surface area contributed by atoms with Crippen LogP contribution in [-0.4, -0.2) is 23.1 Å². The summed E-state index contributed by atoms with van der Waals surface area (Å²) in [7, 11) is 0. The number of esters is 1. The first-order valence-electron chi connectivity index (χ1n) is 9.26. The van der Waals surface area contributed by atoms with Crippen molar-refractivity contribution < 1.29 is 28.0 Å². The van der Waals surface area contributed by atoms with Crippen molar-refractivity contribution in [2.45, 2.75) is 33.5 Å². The second kappa shape index (κ2) is 9.21. The van der Waals surface area contributed by atoms with Crippen LogP contribution in [0.15, 0.2) is 53.1 Å². The number of para-hydroxylation sites is 1. The van der Waals surface area contributed by atoms with Crippen molar-refractivity contribution in [3.63, 3.8) is 0 Å². The highest BCUT2D eigenvalue weighted by atomic mass is 19.1. The summed E-state index contributed by atoms with van der Waals surface area (Å²) in [6.45, 7) is 5.17. The number of aromatic nitrogens is 1. The molecule has 0 radical (unpaired) electrons. The standard InChI is InChI=1S/C22H21FN2O5/c1-13-19(14(2)30-25-13)12-28-20-10-5-4-9-18(20)22(27)29-15(3)21(26)24-17-8-6-7-16(23)11-17/h4-11,15H,12H2,1-3H3,(H,24,26)/t15-/m1/s1. The van der Waals surface area contributed by atoms with E-state index in [2.05, 4.69) is 10.5 Å². The monoisotopic (exact) mass is 412 g/mol. The average molecular weight is 412 g/mol. The summed E-state index contributed by atoms with van der Waals surface area (Å²) in [4.78, 5) is 24.9. The lowest BCUT2D eigenvalue weighted by Crippen LogP contribution is -2.30. The Morgan fingerprint density at radius 1 is 1.17 bits per heavy atom. The zero-order valence-electron chi connectivity index (χ0n) is 16.8. The largest absolute Gasteiger partial charge is 0.488 e. The number of hydrogen-bond donors (Lipinski definition) is 1. The van der Waals surface area contributed by atoms with Crippen molar-refractivity contribution in [3.8, 4) is 5.75 Å². The molecule has 1 aromatic heterocycles. The number of rotatable bonds is 7. The number of nitrogens with one attached hydrogen (secondary N) is 1. The van der Waals surface area contributed by atoms with E-state index in [4.69, 9.17) is 14.0 Å². The van der Waals surface area contributed by atoms with Gasteiger partial charge in [-0.25, -0.2) is 9.18 Å². The highest BCUT2D eigenvalue weighted by Crippen LogP contribution is 2.23. The number of benzene rings is 2. The minimum atomic E-state index is -1.10. The number of carbonyl (C=O) groups excluding carboxylic acids is 2. The van der Waals surface area contributed by atoms with E-state index in [1.807, 2.05) is 0 Å². The summed E-state index contributed by atoms with van der Waals surface area (Å²) in [5, 5.41) is 6.38. The minimum absolute atomic E-state index is 0.168. The Hall–Kier alpha value is -3.68. The van der Waals surface area contributed by atoms with Crippen LogP contribution in [0.3, 0.4) is 0 Å². The minimum Gasteiger partial charge on any atom is -0.488 e. The Balaban J connectivity index is 1.65. The molecule has 0 spiro atoms. The molecule has 0 fully saturated rings. The molecule has 7 nitrogen and oxygen atoms in total. The van der Waals surface area contributed by atoms with Crippen molar-refractivity contribution >= 4 is 17.6 Å². The van der Waals surface area contributed by atoms with E-state index in [1.54, 1.807) is 38.1 Å². The van der Waals surface area contributed by atoms with Crippen LogP contribution in [0.5, 0.6) is 5.75 Å². The molecule has 0 saturated heterocycles. The van der Waals surface area contributed by atoms with Crippen LogP contribution >= 0.6 is 0 Å². The Bertz CT molecular complexity index is 1040. The van der Waals surface area contributed by atoms with Gasteiger partial charge in [-0.3, -0.25) is 4.79 Å². The van der Waals surface area contributed by atoms with E-state index in [0.29, 0.717) is 17.2 Å². The summed E-state index contributed by atoms with van der Waals surface area (Å²) >= 11 is 0. The number of amides is 1. The van der Waals surface area contributed by atoms with Crippen LogP contribution in [0.1, 0.15) is 34.3 Å². The van der Waals surface area contributed by atoms with Crippen LogP contribution in [0.2, 0.25) is 0 Å². The lowest BCUT2D eigenvalue weighted by Gasteiger charge is -2.15. The second-order valence-corrected chi connectivity index (χ2v) is 6.63. The first-order chi connectivity index (χ1) is 14.3. The van der Waals surface area contributed by atoms with E-state index in [9.17, 15) is 14.0 Å². The molecule has 8 heteroatoms. The Morgan fingerprint density at radius 2 is 1.93 bits per heavy atom. The van der Waals surface area contributed by atoms with E-state index in [0.717, 1.165) is 5.56 Å². The first-order valence-corrected chi connectivity index (χ1v) is 9.26. The zero-order valence-corrected chi connectivity index (χ0v) is 16.8. The van der Waals surface area contributed by atoms with Crippen molar-refractivity contribution in [1.82, 2.24) is 5.16 Å². The maximum Gasteiger partial charge on any atom is 0.342 e. The molecular weight excluding hydrogens is 391 g/mol. The molecule has 0 bridgehead atoms. The van der Waals surface area contributed by atoms with Gasteiger partial charge < -0.3 is 19.3 Å². The third-order valence-electron chi connectivity index (χ3n) is 4.41. The fourth-order valence-corrected chi connectivity index (χ4v) is 2.71. The smallest absolute Gasteiger partial charge is 0.342 e. The molecule has 156 valence electrons. The molecule has 1 N–H and O–H groups in total. The third kappa shape index (κ3) is 5.02. The SMILES string of the molecule is Cc1noc(C)c1COc1ccccc1C(=O)O[C@H](C)C(=O)Nc1cccc(F)c1. The summed E-state index contributed by atoms with van der Waals surface area (Å²) < 4.78 is 29.4. The van der Waals surface area contributed by atoms with Gasteiger partial charge in [0.25, 0.3) is 5.91 Å². The summed E-state index contributed by atoms with van der Waals surface area (Å²) in [6.07, 6.45) is -1.10. The zero-order chi connectivity index (χ0) is 21.7. The Morgan fingerprint density at radius 3 is 2.63 bits per heavy atom. The molecule has 0 aliphatic carbocycles. The van der Waals surface area contributed by atoms with Crippen molar-refractivity contribution in [1.29, 1.82) is 0 Å². The van der Waals surface area contributed by atoms with Crippen LogP contribution in [0.4, 0.5) is 10.1 Å². The maximum absolute atomic E-state index is 13.3. The van der Waals surface area contributed by atoms with Crippen molar-refractivity contribution in [3.05, 3.63) is 76.9 Å². The van der Waals surface area contributed by atoms with Gasteiger partial charge in [-0.2, -0.15) is 0 Å². The molecule has 30 heavy (non-hydrogen) atoms. The van der Waals surface area contributed by atoms with Crippen LogP contribution in [-0.2, 0) is 16.1 Å². The molecule has 3 aromatic rings. The molecule has 1 heterocycles. The van der Waals surface area contributed by atoms with Crippen molar-refractivity contribution in [2.24, 2.45) is 0 Å². The number of nitrogens with zero attached hydrogens (tertiary/aromatic N) is 1. The number of aryl methyl sites for hydroxylation is 2. The molecule has 2 aromatic carbocycles. The van der Waals surface area contributed by atoms with E-state index >= 15 is 0 Å². The summed E-state index contributed by atoms with van der Waals surface area (Å²) in [5.74, 6) is -0.841. The van der Waals surface area contributed by atoms with Gasteiger partial charge in [-0.1, -0.05) is 23.4 Å². The van der Waals surface area contributed by atoms with Gasteiger partial charge in [0.15, 0.2) is 6.10 Å². The number of anilines is 1. The molecule has 1 atom stereocenters. The van der Waals surface area contributed by atoms with Gasteiger partial charge >= 0.3 is 5.97 Å². The fraction of sp³-hybridized carbons (Fsp3) is 0.227. The lowest BCUT2D eigenvalue weighted by atomic mass is 10.2. The van der Waals surface area contributed by atoms with Crippen LogP contribution < -0.4 is 10.1 Å². The molecule has 0 aliphatic heterocycles. The Labute approximate surface area is 172 Å². The lowest BCUT2D eigenvalue weighted by molar-refractivity contribution is -0.123. The molecule has 3 rings (SSSR count). The predicted molar refractivity (Wildman–Crippen MR) is 107 cm³/mol. The number of hydrogen-bond acceptors (Lipinski definition) is 6. The van der Waals surface area contributed by atoms with Gasteiger partial charge in [0.05, 0.1) is 11.3 Å². The molecule has 1 amide bonds. The van der Waals surface area contributed by atoms with Gasteiger partial charge in [0.2, 0.25) is 0 Å². The van der Waals surface area contributed by atoms with Gasteiger partial charge in [-0.15, -0.1) is 0 Å². The maximum atomic E-state index is 13.3. The average Bonchev–Trinajstić information content (AvgIpc) is 3.04. The van der Waals surface area contributed by atoms with E-state index in [-0.39, 0.29) is 17.9 Å².